The van der Waals surface area contributed by atoms with Gasteiger partial charge in [0.1, 0.15) is 11.5 Å². The summed E-state index contributed by atoms with van der Waals surface area (Å²) < 4.78 is 28.3. The van der Waals surface area contributed by atoms with Gasteiger partial charge < -0.3 is 23.7 Å². The fourth-order valence-electron chi connectivity index (χ4n) is 2.42. The lowest BCUT2D eigenvalue weighted by molar-refractivity contribution is 0.228. The van der Waals surface area contributed by atoms with Crippen LogP contribution in [0.4, 0.5) is 0 Å². The summed E-state index contributed by atoms with van der Waals surface area (Å²) in [6.45, 7) is 9.78. The zero-order valence-electron chi connectivity index (χ0n) is 14.8. The molecule has 0 aromatic heterocycles. The van der Waals surface area contributed by atoms with Crippen LogP contribution in [0.1, 0.15) is 37.7 Å². The van der Waals surface area contributed by atoms with Crippen LogP contribution in [0.2, 0.25) is 13.1 Å². The number of ether oxygens (including phenoxy) is 2. The molecular weight excluding hydrogens is 335 g/mol. The van der Waals surface area contributed by atoms with Gasteiger partial charge >= 0.3 is 7.60 Å². The summed E-state index contributed by atoms with van der Waals surface area (Å²) in [5.41, 5.74) is 0.958. The first-order chi connectivity index (χ1) is 10.4. The molecule has 23 heavy (non-hydrogen) atoms. The Hall–Kier alpha value is -0.853. The van der Waals surface area contributed by atoms with Gasteiger partial charge in [-0.3, -0.25) is 4.57 Å². The van der Waals surface area contributed by atoms with Crippen molar-refractivity contribution in [3.8, 4) is 11.5 Å². The summed E-state index contributed by atoms with van der Waals surface area (Å²) in [6, 6.07) is 3.26. The lowest BCUT2D eigenvalue weighted by Gasteiger charge is -2.28. The third-order valence-electron chi connectivity index (χ3n) is 3.27. The first-order valence-electron chi connectivity index (χ1n) is 7.38. The third kappa shape index (κ3) is 5.06. The van der Waals surface area contributed by atoms with Gasteiger partial charge in [0.05, 0.1) is 14.2 Å². The molecule has 0 spiro atoms. The van der Waals surface area contributed by atoms with Crippen molar-refractivity contribution in [3.05, 3.63) is 23.3 Å². The number of methoxy groups -OCH3 is 2. The van der Waals surface area contributed by atoms with Gasteiger partial charge in [0, 0.05) is 5.56 Å². The third-order valence-corrected chi connectivity index (χ3v) is 5.35. The van der Waals surface area contributed by atoms with E-state index >= 15 is 0 Å². The average Bonchev–Trinajstić information content (AvgIpc) is 2.40. The molecule has 0 fully saturated rings. The van der Waals surface area contributed by atoms with Crippen molar-refractivity contribution < 1.29 is 28.3 Å². The van der Waals surface area contributed by atoms with E-state index in [2.05, 4.69) is 0 Å². The molecule has 0 saturated carbocycles. The maximum atomic E-state index is 11.9. The lowest BCUT2D eigenvalue weighted by atomic mass is 9.85. The van der Waals surface area contributed by atoms with Crippen LogP contribution < -0.4 is 9.47 Å². The van der Waals surface area contributed by atoms with Crippen LogP contribution in [0.3, 0.4) is 0 Å². The first-order valence-corrected chi connectivity index (χ1v) is 11.8. The molecular formula is C15H27O6PSi. The average molecular weight is 362 g/mol. The van der Waals surface area contributed by atoms with Gasteiger partial charge in [0.2, 0.25) is 0 Å². The van der Waals surface area contributed by atoms with Gasteiger partial charge in [-0.1, -0.05) is 20.8 Å². The molecule has 1 unspecified atom stereocenters. The highest BCUT2D eigenvalue weighted by molar-refractivity contribution is 7.52. The van der Waals surface area contributed by atoms with E-state index in [9.17, 15) is 14.4 Å². The van der Waals surface area contributed by atoms with Crippen molar-refractivity contribution >= 4 is 16.6 Å². The molecule has 0 saturated heterocycles. The van der Waals surface area contributed by atoms with E-state index in [-0.39, 0.29) is 5.41 Å². The van der Waals surface area contributed by atoms with Gasteiger partial charge in [0.15, 0.2) is 14.9 Å². The normalized spacial score (nSPS) is 14.0. The van der Waals surface area contributed by atoms with Crippen molar-refractivity contribution in [1.29, 1.82) is 0 Å². The van der Waals surface area contributed by atoms with Crippen molar-refractivity contribution in [2.75, 3.05) is 14.2 Å². The zero-order chi connectivity index (χ0) is 18.0. The SMILES string of the molecule is COc1cc(C(O[SiH](C)C)P(=O)(O)O)cc(OC)c1C(C)(C)C. The Morgan fingerprint density at radius 3 is 1.78 bits per heavy atom. The summed E-state index contributed by atoms with van der Waals surface area (Å²) in [5, 5.41) is 0. The highest BCUT2D eigenvalue weighted by atomic mass is 31.2. The van der Waals surface area contributed by atoms with Crippen LogP contribution in [0.15, 0.2) is 12.1 Å². The minimum Gasteiger partial charge on any atom is -0.496 e. The Bertz CT molecular complexity index is 565. The Morgan fingerprint density at radius 2 is 1.52 bits per heavy atom. The molecule has 1 aromatic carbocycles. The molecule has 1 rings (SSSR count). The Morgan fingerprint density at radius 1 is 1.09 bits per heavy atom. The van der Waals surface area contributed by atoms with E-state index in [4.69, 9.17) is 13.9 Å². The molecule has 1 atom stereocenters. The maximum absolute atomic E-state index is 11.9. The minimum atomic E-state index is -4.47. The van der Waals surface area contributed by atoms with E-state index in [1.54, 1.807) is 12.1 Å². The van der Waals surface area contributed by atoms with Gasteiger partial charge in [-0.15, -0.1) is 0 Å². The molecule has 2 N–H and O–H groups in total. The molecule has 0 aliphatic rings. The number of hydrogen-bond acceptors (Lipinski definition) is 4. The Balaban J connectivity index is 3.57. The van der Waals surface area contributed by atoms with Crippen LogP contribution in [0.25, 0.3) is 0 Å². The van der Waals surface area contributed by atoms with E-state index in [0.717, 1.165) is 5.56 Å². The highest BCUT2D eigenvalue weighted by Gasteiger charge is 2.35. The molecule has 132 valence electrons. The molecule has 1 aromatic rings. The van der Waals surface area contributed by atoms with E-state index in [0.29, 0.717) is 17.1 Å². The van der Waals surface area contributed by atoms with Crippen LogP contribution in [-0.2, 0) is 14.4 Å². The molecule has 0 aliphatic carbocycles. The first kappa shape index (κ1) is 20.2. The number of hydrogen-bond donors (Lipinski definition) is 2. The predicted molar refractivity (Wildman–Crippen MR) is 93.0 cm³/mol. The van der Waals surface area contributed by atoms with Crippen LogP contribution >= 0.6 is 7.60 Å². The number of rotatable bonds is 6. The molecule has 8 heteroatoms. The van der Waals surface area contributed by atoms with Crippen LogP contribution in [0, 0.1) is 0 Å². The summed E-state index contributed by atoms with van der Waals surface area (Å²) in [5.74, 6) is -0.246. The maximum Gasteiger partial charge on any atom is 0.357 e. The summed E-state index contributed by atoms with van der Waals surface area (Å²) >= 11 is 0. The van der Waals surface area contributed by atoms with Gasteiger partial charge in [-0.2, -0.15) is 0 Å². The Labute approximate surface area is 139 Å². The monoisotopic (exact) mass is 362 g/mol. The standard InChI is InChI=1S/C15H27O6PSi/c1-15(2,3)13-11(19-4)8-10(9-12(13)20-5)14(21-23(6)7)22(16,17)18/h8-9,14,23H,1-7H3,(H2,16,17,18). The highest BCUT2D eigenvalue weighted by Crippen LogP contribution is 2.54. The molecule has 6 nitrogen and oxygen atoms in total. The number of benzene rings is 1. The van der Waals surface area contributed by atoms with Gasteiger partial charge in [-0.25, -0.2) is 0 Å². The van der Waals surface area contributed by atoms with E-state index < -0.39 is 22.5 Å². The van der Waals surface area contributed by atoms with Crippen molar-refractivity contribution in [3.63, 3.8) is 0 Å². The van der Waals surface area contributed by atoms with E-state index in [1.165, 1.54) is 14.2 Å². The van der Waals surface area contributed by atoms with Gasteiger partial charge in [0.25, 0.3) is 0 Å². The minimum absolute atomic E-state index is 0.250. The van der Waals surface area contributed by atoms with Crippen molar-refractivity contribution in [2.45, 2.75) is 45.1 Å². The van der Waals surface area contributed by atoms with Crippen molar-refractivity contribution in [1.82, 2.24) is 0 Å². The quantitative estimate of drug-likeness (QED) is 0.597. The van der Waals surface area contributed by atoms with E-state index in [1.807, 2.05) is 33.9 Å². The molecule has 0 amide bonds. The zero-order valence-corrected chi connectivity index (χ0v) is 16.8. The summed E-state index contributed by atoms with van der Waals surface area (Å²) in [7, 11) is -3.08. The van der Waals surface area contributed by atoms with Crippen LogP contribution in [0.5, 0.6) is 11.5 Å². The van der Waals surface area contributed by atoms with Gasteiger partial charge in [-0.05, 0) is 36.2 Å². The second-order valence-electron chi connectivity index (χ2n) is 6.68. The smallest absolute Gasteiger partial charge is 0.357 e. The largest absolute Gasteiger partial charge is 0.496 e. The fourth-order valence-corrected chi connectivity index (χ4v) is 5.00. The molecule has 0 radical (unpaired) electrons. The fraction of sp³-hybridized carbons (Fsp3) is 0.600. The second kappa shape index (κ2) is 7.36. The van der Waals surface area contributed by atoms with Crippen LogP contribution in [-0.4, -0.2) is 33.0 Å². The molecule has 0 bridgehead atoms. The molecule has 0 aliphatic heterocycles. The Kier molecular flexibility index (Phi) is 6.46. The predicted octanol–water partition coefficient (Wildman–Crippen LogP) is 3.18. The van der Waals surface area contributed by atoms with Crippen molar-refractivity contribution in [2.24, 2.45) is 0 Å². The lowest BCUT2D eigenvalue weighted by Crippen LogP contribution is -2.17. The topological polar surface area (TPSA) is 85.2 Å². The second-order valence-corrected chi connectivity index (χ2v) is 10.7. The molecule has 0 heterocycles. The summed E-state index contributed by atoms with van der Waals surface area (Å²) in [6.07, 6.45) is 0. The summed E-state index contributed by atoms with van der Waals surface area (Å²) in [4.78, 5) is 19.3.